The second-order valence-electron chi connectivity index (χ2n) is 5.32. The number of carbonyl (C=O) groups is 1. The predicted molar refractivity (Wildman–Crippen MR) is 83.4 cm³/mol. The summed E-state index contributed by atoms with van der Waals surface area (Å²) in [5.74, 6) is 1.51. The molecule has 2 heterocycles. The van der Waals surface area contributed by atoms with Gasteiger partial charge in [-0.3, -0.25) is 9.78 Å². The minimum absolute atomic E-state index is 0.0556. The van der Waals surface area contributed by atoms with Crippen LogP contribution in [0.5, 0.6) is 0 Å². The van der Waals surface area contributed by atoms with Crippen molar-refractivity contribution in [3.05, 3.63) is 30.1 Å². The number of carbonyl (C=O) groups excluding carboxylic acids is 1. The molecule has 1 saturated heterocycles. The maximum absolute atomic E-state index is 12.3. The van der Waals surface area contributed by atoms with Crippen molar-refractivity contribution in [3.8, 4) is 0 Å². The average Bonchev–Trinajstić information content (AvgIpc) is 2.48. The van der Waals surface area contributed by atoms with E-state index in [-0.39, 0.29) is 18.0 Å². The zero-order valence-corrected chi connectivity index (χ0v) is 12.8. The van der Waals surface area contributed by atoms with E-state index in [4.69, 9.17) is 5.73 Å². The first-order valence-corrected chi connectivity index (χ1v) is 8.36. The number of aromatic nitrogens is 1. The lowest BCUT2D eigenvalue weighted by Gasteiger charge is -2.38. The third-order valence-corrected chi connectivity index (χ3v) is 4.63. The monoisotopic (exact) mass is 293 g/mol. The van der Waals surface area contributed by atoms with Gasteiger partial charge in [-0.25, -0.2) is 0 Å². The van der Waals surface area contributed by atoms with Gasteiger partial charge in [0, 0.05) is 30.6 Å². The number of hydrogen-bond donors (Lipinski definition) is 1. The van der Waals surface area contributed by atoms with Crippen LogP contribution in [0, 0.1) is 0 Å². The SMILES string of the molecule is CC(N)C1CCCCN1C(=O)CSCc1ccccn1. The molecule has 2 atom stereocenters. The largest absolute Gasteiger partial charge is 0.337 e. The van der Waals surface area contributed by atoms with Crippen molar-refractivity contribution in [1.82, 2.24) is 9.88 Å². The molecule has 2 unspecified atom stereocenters. The zero-order chi connectivity index (χ0) is 14.4. The smallest absolute Gasteiger partial charge is 0.232 e. The Morgan fingerprint density at radius 3 is 3.10 bits per heavy atom. The Labute approximate surface area is 125 Å². The van der Waals surface area contributed by atoms with Crippen LogP contribution < -0.4 is 5.73 Å². The van der Waals surface area contributed by atoms with Crippen LogP contribution in [0.25, 0.3) is 0 Å². The minimum Gasteiger partial charge on any atom is -0.337 e. The fourth-order valence-corrected chi connectivity index (χ4v) is 3.45. The standard InChI is InChI=1S/C15H23N3OS/c1-12(16)14-7-3-5-9-18(14)15(19)11-20-10-13-6-2-4-8-17-13/h2,4,6,8,12,14H,3,5,7,9-11,16H2,1H3. The van der Waals surface area contributed by atoms with Crippen LogP contribution in [0.4, 0.5) is 0 Å². The van der Waals surface area contributed by atoms with E-state index in [1.54, 1.807) is 18.0 Å². The van der Waals surface area contributed by atoms with Crippen molar-refractivity contribution in [2.75, 3.05) is 12.3 Å². The Bertz CT molecular complexity index is 424. The number of rotatable bonds is 5. The van der Waals surface area contributed by atoms with E-state index in [0.717, 1.165) is 30.8 Å². The topological polar surface area (TPSA) is 59.2 Å². The van der Waals surface area contributed by atoms with Gasteiger partial charge in [0.25, 0.3) is 0 Å². The second-order valence-corrected chi connectivity index (χ2v) is 6.31. The van der Waals surface area contributed by atoms with Gasteiger partial charge in [0.15, 0.2) is 0 Å². The molecular weight excluding hydrogens is 270 g/mol. The first kappa shape index (κ1) is 15.3. The van der Waals surface area contributed by atoms with Crippen LogP contribution in [0.3, 0.4) is 0 Å². The lowest BCUT2D eigenvalue weighted by molar-refractivity contribution is -0.132. The Morgan fingerprint density at radius 2 is 2.40 bits per heavy atom. The molecule has 110 valence electrons. The number of hydrogen-bond acceptors (Lipinski definition) is 4. The summed E-state index contributed by atoms with van der Waals surface area (Å²) in [4.78, 5) is 18.6. The summed E-state index contributed by atoms with van der Waals surface area (Å²) in [7, 11) is 0. The highest BCUT2D eigenvalue weighted by molar-refractivity contribution is 7.99. The molecule has 4 nitrogen and oxygen atoms in total. The Balaban J connectivity index is 1.81. The van der Waals surface area contributed by atoms with Gasteiger partial charge in [0.05, 0.1) is 11.4 Å². The van der Waals surface area contributed by atoms with Crippen LogP contribution in [0.2, 0.25) is 0 Å². The Morgan fingerprint density at radius 1 is 1.55 bits per heavy atom. The van der Waals surface area contributed by atoms with Crippen molar-refractivity contribution in [3.63, 3.8) is 0 Å². The second kappa shape index (κ2) is 7.64. The van der Waals surface area contributed by atoms with E-state index in [1.165, 1.54) is 6.42 Å². The molecule has 0 aliphatic carbocycles. The molecular formula is C15H23N3OS. The molecule has 1 aromatic rings. The molecule has 1 aliphatic rings. The van der Waals surface area contributed by atoms with Crippen LogP contribution in [-0.4, -0.2) is 40.2 Å². The summed E-state index contributed by atoms with van der Waals surface area (Å²) in [6, 6.07) is 6.14. The van der Waals surface area contributed by atoms with Gasteiger partial charge in [-0.15, -0.1) is 11.8 Å². The Kier molecular flexibility index (Phi) is 5.86. The maximum Gasteiger partial charge on any atom is 0.232 e. The molecule has 0 spiro atoms. The summed E-state index contributed by atoms with van der Waals surface area (Å²) in [5, 5.41) is 0. The van der Waals surface area contributed by atoms with Crippen LogP contribution in [0.15, 0.2) is 24.4 Å². The first-order chi connectivity index (χ1) is 9.68. The van der Waals surface area contributed by atoms with Crippen LogP contribution in [-0.2, 0) is 10.5 Å². The van der Waals surface area contributed by atoms with Gasteiger partial charge in [-0.05, 0) is 38.3 Å². The fraction of sp³-hybridized carbons (Fsp3) is 0.600. The highest BCUT2D eigenvalue weighted by Crippen LogP contribution is 2.21. The number of likely N-dealkylation sites (tertiary alicyclic amines) is 1. The van der Waals surface area contributed by atoms with Crippen LogP contribution in [0.1, 0.15) is 31.9 Å². The molecule has 0 saturated carbocycles. The first-order valence-electron chi connectivity index (χ1n) is 7.21. The number of thioether (sulfide) groups is 1. The number of amides is 1. The van der Waals surface area contributed by atoms with E-state index in [0.29, 0.717) is 5.75 Å². The normalized spacial score (nSPS) is 20.7. The Hall–Kier alpha value is -1.07. The van der Waals surface area contributed by atoms with Crippen LogP contribution >= 0.6 is 11.8 Å². The number of pyridine rings is 1. The van der Waals surface area contributed by atoms with Gasteiger partial charge in [-0.1, -0.05) is 6.07 Å². The number of nitrogens with two attached hydrogens (primary N) is 1. The third-order valence-electron chi connectivity index (χ3n) is 3.68. The van der Waals surface area contributed by atoms with E-state index in [2.05, 4.69) is 4.98 Å². The number of piperidine rings is 1. The molecule has 1 aliphatic heterocycles. The molecule has 1 fully saturated rings. The van der Waals surface area contributed by atoms with E-state index in [9.17, 15) is 4.79 Å². The molecule has 0 radical (unpaired) electrons. The van der Waals surface area contributed by atoms with Crippen molar-refractivity contribution in [2.45, 2.75) is 44.0 Å². The lowest BCUT2D eigenvalue weighted by Crippen LogP contribution is -2.52. The quantitative estimate of drug-likeness (QED) is 0.902. The van der Waals surface area contributed by atoms with Gasteiger partial charge < -0.3 is 10.6 Å². The molecule has 5 heteroatoms. The molecule has 0 aromatic carbocycles. The highest BCUT2D eigenvalue weighted by atomic mass is 32.2. The zero-order valence-electron chi connectivity index (χ0n) is 12.0. The van der Waals surface area contributed by atoms with E-state index in [1.807, 2.05) is 30.0 Å². The fourth-order valence-electron chi connectivity index (χ4n) is 2.62. The average molecular weight is 293 g/mol. The maximum atomic E-state index is 12.3. The van der Waals surface area contributed by atoms with Crippen molar-refractivity contribution >= 4 is 17.7 Å². The van der Waals surface area contributed by atoms with Gasteiger partial charge >= 0.3 is 0 Å². The minimum atomic E-state index is 0.0556. The molecule has 1 aromatic heterocycles. The molecule has 0 bridgehead atoms. The van der Waals surface area contributed by atoms with E-state index < -0.39 is 0 Å². The summed E-state index contributed by atoms with van der Waals surface area (Å²) < 4.78 is 0. The van der Waals surface area contributed by atoms with Crippen molar-refractivity contribution in [1.29, 1.82) is 0 Å². The molecule has 2 N–H and O–H groups in total. The number of nitrogens with zero attached hydrogens (tertiary/aromatic N) is 2. The van der Waals surface area contributed by atoms with Gasteiger partial charge in [-0.2, -0.15) is 0 Å². The molecule has 1 amide bonds. The lowest BCUT2D eigenvalue weighted by atomic mass is 9.97. The van der Waals surface area contributed by atoms with Crippen molar-refractivity contribution in [2.24, 2.45) is 5.73 Å². The molecule has 20 heavy (non-hydrogen) atoms. The predicted octanol–water partition coefficient (Wildman–Crippen LogP) is 2.04. The van der Waals surface area contributed by atoms with Gasteiger partial charge in [0.1, 0.15) is 0 Å². The summed E-state index contributed by atoms with van der Waals surface area (Å²) >= 11 is 1.63. The van der Waals surface area contributed by atoms with E-state index >= 15 is 0 Å². The highest BCUT2D eigenvalue weighted by Gasteiger charge is 2.28. The van der Waals surface area contributed by atoms with Gasteiger partial charge in [0.2, 0.25) is 5.91 Å². The molecule has 2 rings (SSSR count). The van der Waals surface area contributed by atoms with Crippen molar-refractivity contribution < 1.29 is 4.79 Å². The summed E-state index contributed by atoms with van der Waals surface area (Å²) in [6.07, 6.45) is 5.10. The third kappa shape index (κ3) is 4.21. The summed E-state index contributed by atoms with van der Waals surface area (Å²) in [6.45, 7) is 2.85. The summed E-state index contributed by atoms with van der Waals surface area (Å²) in [5.41, 5.74) is 7.03.